The Hall–Kier alpha value is -2.65. The van der Waals surface area contributed by atoms with Crippen molar-refractivity contribution in [3.8, 4) is 6.07 Å². The van der Waals surface area contributed by atoms with Crippen LogP contribution in [0.25, 0.3) is 0 Å². The molecule has 1 fully saturated rings. The number of aromatic nitrogens is 2. The molecule has 2 aliphatic carbocycles. The zero-order chi connectivity index (χ0) is 17.8. The summed E-state index contributed by atoms with van der Waals surface area (Å²) in [5.74, 6) is 0.590. The van der Waals surface area contributed by atoms with Gasteiger partial charge in [0.1, 0.15) is 0 Å². The largest absolute Gasteiger partial charge is 0.351 e. The lowest BCUT2D eigenvalue weighted by Gasteiger charge is -2.13. The third kappa shape index (κ3) is 2.51. The van der Waals surface area contributed by atoms with Crippen LogP contribution in [-0.2, 0) is 19.4 Å². The third-order valence-corrected chi connectivity index (χ3v) is 5.56. The summed E-state index contributed by atoms with van der Waals surface area (Å²) in [4.78, 5) is 23.2. The molecule has 1 atom stereocenters. The molecule has 7 heteroatoms. The Kier molecular flexibility index (Phi) is 3.41. The monoisotopic (exact) mass is 365 g/mol. The minimum atomic E-state index is 0.0515. The molecule has 0 spiro atoms. The number of fused-ring (bicyclic) bond motifs is 2. The molecule has 5 rings (SSSR count). The maximum absolute atomic E-state index is 12.4. The van der Waals surface area contributed by atoms with Crippen LogP contribution in [0.4, 0.5) is 5.95 Å². The lowest BCUT2D eigenvalue weighted by molar-refractivity contribution is 0.0766. The second-order valence-corrected chi connectivity index (χ2v) is 7.61. The Morgan fingerprint density at radius 2 is 2.15 bits per heavy atom. The summed E-state index contributed by atoms with van der Waals surface area (Å²) in [7, 11) is 0. The van der Waals surface area contributed by atoms with Gasteiger partial charge in [0.2, 0.25) is 5.95 Å². The Morgan fingerprint density at radius 3 is 2.92 bits per heavy atom. The Bertz CT molecular complexity index is 979. The molecule has 1 N–H and O–H groups in total. The van der Waals surface area contributed by atoms with E-state index in [0.717, 1.165) is 42.5 Å². The first-order chi connectivity index (χ1) is 12.6. The molecule has 1 saturated carbocycles. The van der Waals surface area contributed by atoms with Crippen LogP contribution in [0, 0.1) is 11.3 Å². The highest BCUT2D eigenvalue weighted by molar-refractivity contribution is 6.30. The molecule has 3 aliphatic rings. The molecule has 1 aromatic heterocycles. The number of benzene rings is 1. The summed E-state index contributed by atoms with van der Waals surface area (Å²) < 4.78 is 0. The average Bonchev–Trinajstić information content (AvgIpc) is 3.31. The van der Waals surface area contributed by atoms with Gasteiger partial charge in [0, 0.05) is 23.3 Å². The molecule has 2 aromatic rings. The standard InChI is InChI=1S/C19H16ClN5O/c20-12-3-10-5-13(6-15(10)11(4-12)7-21)23-19-22-8-16-17(24-19)9-25(18(16)26)14-1-2-14/h3-4,8,13-14H,1-2,5-6,9H2,(H,22,23,24)/t13-/m0/s1. The fourth-order valence-electron chi connectivity index (χ4n) is 3.94. The number of rotatable bonds is 3. The fraction of sp³-hybridized carbons (Fsp3) is 0.368. The van der Waals surface area contributed by atoms with Crippen molar-refractivity contribution in [3.63, 3.8) is 0 Å². The van der Waals surface area contributed by atoms with Gasteiger partial charge in [0.05, 0.1) is 29.4 Å². The van der Waals surface area contributed by atoms with Crippen LogP contribution in [0.3, 0.4) is 0 Å². The van der Waals surface area contributed by atoms with E-state index in [-0.39, 0.29) is 11.9 Å². The van der Waals surface area contributed by atoms with E-state index in [9.17, 15) is 10.1 Å². The summed E-state index contributed by atoms with van der Waals surface area (Å²) in [6, 6.07) is 6.36. The summed E-state index contributed by atoms with van der Waals surface area (Å²) in [5, 5.41) is 13.3. The molecular formula is C19H16ClN5O. The Balaban J connectivity index is 1.35. The number of nitriles is 1. The van der Waals surface area contributed by atoms with Crippen molar-refractivity contribution < 1.29 is 4.79 Å². The van der Waals surface area contributed by atoms with Crippen molar-refractivity contribution in [1.82, 2.24) is 14.9 Å². The van der Waals surface area contributed by atoms with Crippen LogP contribution < -0.4 is 5.32 Å². The van der Waals surface area contributed by atoms with Gasteiger partial charge < -0.3 is 10.2 Å². The number of nitrogens with zero attached hydrogens (tertiary/aromatic N) is 4. The zero-order valence-electron chi connectivity index (χ0n) is 14.0. The van der Waals surface area contributed by atoms with E-state index in [1.807, 2.05) is 11.0 Å². The number of nitrogens with one attached hydrogen (secondary N) is 1. The van der Waals surface area contributed by atoms with E-state index in [4.69, 9.17) is 11.6 Å². The predicted octanol–water partition coefficient (Wildman–Crippen LogP) is 2.70. The number of amides is 1. The Morgan fingerprint density at radius 1 is 1.31 bits per heavy atom. The maximum Gasteiger partial charge on any atom is 0.257 e. The molecule has 1 aromatic carbocycles. The second kappa shape index (κ2) is 5.68. The van der Waals surface area contributed by atoms with E-state index >= 15 is 0 Å². The van der Waals surface area contributed by atoms with Gasteiger partial charge >= 0.3 is 0 Å². The fourth-order valence-corrected chi connectivity index (χ4v) is 4.18. The summed E-state index contributed by atoms with van der Waals surface area (Å²) in [5.41, 5.74) is 4.21. The first-order valence-electron chi connectivity index (χ1n) is 8.77. The van der Waals surface area contributed by atoms with Crippen LogP contribution in [0.5, 0.6) is 0 Å². The third-order valence-electron chi connectivity index (χ3n) is 5.34. The lowest BCUT2D eigenvalue weighted by atomic mass is 10.0. The molecule has 1 aliphatic heterocycles. The highest BCUT2D eigenvalue weighted by Gasteiger charge is 2.39. The maximum atomic E-state index is 12.4. The minimum Gasteiger partial charge on any atom is -0.351 e. The van der Waals surface area contributed by atoms with Gasteiger partial charge in [-0.15, -0.1) is 0 Å². The zero-order valence-corrected chi connectivity index (χ0v) is 14.8. The first-order valence-corrected chi connectivity index (χ1v) is 9.15. The van der Waals surface area contributed by atoms with Crippen molar-refractivity contribution in [2.45, 2.75) is 44.3 Å². The van der Waals surface area contributed by atoms with Crippen LogP contribution in [0.2, 0.25) is 5.02 Å². The summed E-state index contributed by atoms with van der Waals surface area (Å²) in [6.07, 6.45) is 5.32. The molecule has 130 valence electrons. The van der Waals surface area contributed by atoms with E-state index in [0.29, 0.717) is 34.7 Å². The van der Waals surface area contributed by atoms with Crippen molar-refractivity contribution in [2.75, 3.05) is 5.32 Å². The molecule has 6 nitrogen and oxygen atoms in total. The molecule has 0 unspecified atom stereocenters. The molecular weight excluding hydrogens is 350 g/mol. The number of hydrogen-bond acceptors (Lipinski definition) is 5. The molecule has 0 bridgehead atoms. The van der Waals surface area contributed by atoms with Gasteiger partial charge in [-0.25, -0.2) is 9.97 Å². The number of halogens is 1. The van der Waals surface area contributed by atoms with Crippen LogP contribution in [0.15, 0.2) is 18.3 Å². The van der Waals surface area contributed by atoms with Gasteiger partial charge in [-0.05, 0) is 48.9 Å². The van der Waals surface area contributed by atoms with Crippen molar-refractivity contribution in [2.24, 2.45) is 0 Å². The van der Waals surface area contributed by atoms with Gasteiger partial charge in [-0.1, -0.05) is 11.6 Å². The van der Waals surface area contributed by atoms with Crippen molar-refractivity contribution in [1.29, 1.82) is 5.26 Å². The number of carbonyl (C=O) groups excluding carboxylic acids is 1. The van der Waals surface area contributed by atoms with Crippen LogP contribution in [-0.4, -0.2) is 32.9 Å². The van der Waals surface area contributed by atoms with Gasteiger partial charge in [0.25, 0.3) is 5.91 Å². The Labute approximate surface area is 155 Å². The van der Waals surface area contributed by atoms with E-state index < -0.39 is 0 Å². The number of anilines is 1. The average molecular weight is 366 g/mol. The molecule has 0 saturated heterocycles. The lowest BCUT2D eigenvalue weighted by Crippen LogP contribution is -2.25. The van der Waals surface area contributed by atoms with Gasteiger partial charge in [-0.2, -0.15) is 5.26 Å². The normalized spacial score (nSPS) is 20.7. The number of carbonyl (C=O) groups is 1. The van der Waals surface area contributed by atoms with Gasteiger partial charge in [0.15, 0.2) is 0 Å². The topological polar surface area (TPSA) is 81.9 Å². The molecule has 26 heavy (non-hydrogen) atoms. The molecule has 1 amide bonds. The summed E-state index contributed by atoms with van der Waals surface area (Å²) >= 11 is 6.10. The second-order valence-electron chi connectivity index (χ2n) is 7.17. The van der Waals surface area contributed by atoms with Crippen molar-refractivity contribution >= 4 is 23.5 Å². The quantitative estimate of drug-likeness (QED) is 0.904. The van der Waals surface area contributed by atoms with Gasteiger partial charge in [-0.3, -0.25) is 4.79 Å². The van der Waals surface area contributed by atoms with E-state index in [1.54, 1.807) is 12.3 Å². The van der Waals surface area contributed by atoms with Crippen molar-refractivity contribution in [3.05, 3.63) is 51.3 Å². The summed E-state index contributed by atoms with van der Waals surface area (Å²) in [6.45, 7) is 0.578. The number of hydrogen-bond donors (Lipinski definition) is 1. The highest BCUT2D eigenvalue weighted by Crippen LogP contribution is 2.34. The van der Waals surface area contributed by atoms with E-state index in [1.165, 1.54) is 0 Å². The molecule has 2 heterocycles. The minimum absolute atomic E-state index is 0.0515. The van der Waals surface area contributed by atoms with Crippen LogP contribution >= 0.6 is 11.6 Å². The highest BCUT2D eigenvalue weighted by atomic mass is 35.5. The first kappa shape index (κ1) is 15.6. The predicted molar refractivity (Wildman–Crippen MR) is 95.9 cm³/mol. The molecule has 0 radical (unpaired) electrons. The van der Waals surface area contributed by atoms with Crippen LogP contribution in [0.1, 0.15) is 45.6 Å². The smallest absolute Gasteiger partial charge is 0.257 e. The SMILES string of the molecule is N#Cc1cc(Cl)cc2c1C[C@@H](Nc1ncc3c(n1)CN(C1CC1)C3=O)C2. The van der Waals surface area contributed by atoms with E-state index in [2.05, 4.69) is 21.4 Å².